The van der Waals surface area contributed by atoms with Gasteiger partial charge in [-0.1, -0.05) is 23.7 Å². The number of rotatable bonds is 3. The molecule has 1 heterocycles. The first-order valence-corrected chi connectivity index (χ1v) is 6.29. The van der Waals surface area contributed by atoms with Crippen LogP contribution in [-0.4, -0.2) is 14.8 Å². The van der Waals surface area contributed by atoms with E-state index in [1.807, 2.05) is 26.0 Å². The van der Waals surface area contributed by atoms with Gasteiger partial charge in [-0.2, -0.15) is 4.98 Å². The summed E-state index contributed by atoms with van der Waals surface area (Å²) in [5.74, 6) is 0.566. The lowest BCUT2D eigenvalue weighted by atomic mass is 10.3. The number of para-hydroxylation sites is 1. The summed E-state index contributed by atoms with van der Waals surface area (Å²) in [6.45, 7) is 4.00. The molecule has 0 bridgehead atoms. The second kappa shape index (κ2) is 5.06. The van der Waals surface area contributed by atoms with E-state index in [0.29, 0.717) is 21.5 Å². The number of halogens is 2. The molecule has 1 aromatic carbocycles. The summed E-state index contributed by atoms with van der Waals surface area (Å²) in [6.07, 6.45) is 0. The fourth-order valence-corrected chi connectivity index (χ4v) is 1.81. The van der Waals surface area contributed by atoms with E-state index in [1.165, 1.54) is 0 Å². The minimum absolute atomic E-state index is 0.159. The molecule has 0 unspecified atom stereocenters. The monoisotopic (exact) mass is 315 g/mol. The van der Waals surface area contributed by atoms with Gasteiger partial charge in [0.2, 0.25) is 4.73 Å². The molecule has 90 valence electrons. The second-order valence-corrected chi connectivity index (χ2v) is 4.85. The van der Waals surface area contributed by atoms with Crippen molar-refractivity contribution >= 4 is 27.5 Å². The van der Waals surface area contributed by atoms with Crippen LogP contribution in [0.4, 0.5) is 0 Å². The van der Waals surface area contributed by atoms with Crippen molar-refractivity contribution in [1.82, 2.24) is 14.8 Å². The van der Waals surface area contributed by atoms with E-state index in [4.69, 9.17) is 16.3 Å². The van der Waals surface area contributed by atoms with Gasteiger partial charge in [-0.3, -0.25) is 0 Å². The highest BCUT2D eigenvalue weighted by molar-refractivity contribution is 9.10. The molecule has 0 aliphatic heterocycles. The third kappa shape index (κ3) is 2.79. The van der Waals surface area contributed by atoms with Crippen molar-refractivity contribution in [2.75, 3.05) is 0 Å². The molecule has 0 spiro atoms. The third-order valence-electron chi connectivity index (χ3n) is 2.10. The number of aromatic nitrogens is 3. The zero-order valence-electron chi connectivity index (χ0n) is 9.39. The standard InChI is InChI=1S/C11H11BrClN3O/c1-7(2)16-11(14-10(12)15-16)17-9-6-4-3-5-8(9)13/h3-7H,1-2H3. The van der Waals surface area contributed by atoms with Crippen molar-refractivity contribution in [2.24, 2.45) is 0 Å². The van der Waals surface area contributed by atoms with E-state index in [0.717, 1.165) is 0 Å². The van der Waals surface area contributed by atoms with Gasteiger partial charge in [0.1, 0.15) is 5.75 Å². The summed E-state index contributed by atoms with van der Waals surface area (Å²) in [6, 6.07) is 7.83. The number of nitrogens with zero attached hydrogens (tertiary/aromatic N) is 3. The topological polar surface area (TPSA) is 39.9 Å². The lowest BCUT2D eigenvalue weighted by molar-refractivity contribution is 0.376. The maximum atomic E-state index is 6.02. The highest BCUT2D eigenvalue weighted by atomic mass is 79.9. The van der Waals surface area contributed by atoms with Crippen LogP contribution in [0.5, 0.6) is 11.8 Å². The van der Waals surface area contributed by atoms with Gasteiger partial charge in [-0.25, -0.2) is 4.68 Å². The predicted molar refractivity (Wildman–Crippen MR) is 69.6 cm³/mol. The summed E-state index contributed by atoms with van der Waals surface area (Å²) >= 11 is 9.25. The first kappa shape index (κ1) is 12.4. The van der Waals surface area contributed by atoms with Crippen LogP contribution in [0.25, 0.3) is 0 Å². The van der Waals surface area contributed by atoms with Gasteiger partial charge in [0, 0.05) is 0 Å². The van der Waals surface area contributed by atoms with Gasteiger partial charge < -0.3 is 4.74 Å². The van der Waals surface area contributed by atoms with Crippen LogP contribution in [0.15, 0.2) is 29.0 Å². The molecule has 6 heteroatoms. The smallest absolute Gasteiger partial charge is 0.321 e. The Morgan fingerprint density at radius 1 is 1.35 bits per heavy atom. The third-order valence-corrected chi connectivity index (χ3v) is 2.75. The van der Waals surface area contributed by atoms with E-state index in [9.17, 15) is 0 Å². The Kier molecular flexibility index (Phi) is 3.69. The Balaban J connectivity index is 2.33. The lowest BCUT2D eigenvalue weighted by Crippen LogP contribution is -2.05. The molecular formula is C11H11BrClN3O. The number of hydrogen-bond acceptors (Lipinski definition) is 3. The van der Waals surface area contributed by atoms with Crippen molar-refractivity contribution in [1.29, 1.82) is 0 Å². The fraction of sp³-hybridized carbons (Fsp3) is 0.273. The SMILES string of the molecule is CC(C)n1nc(Br)nc1Oc1ccccc1Cl. The Morgan fingerprint density at radius 3 is 2.71 bits per heavy atom. The van der Waals surface area contributed by atoms with Crippen LogP contribution in [0, 0.1) is 0 Å². The van der Waals surface area contributed by atoms with Crippen molar-refractivity contribution in [3.05, 3.63) is 34.0 Å². The Bertz CT molecular complexity index is 527. The highest BCUT2D eigenvalue weighted by Crippen LogP contribution is 2.29. The van der Waals surface area contributed by atoms with Crippen LogP contribution in [0.1, 0.15) is 19.9 Å². The fourth-order valence-electron chi connectivity index (χ4n) is 1.32. The summed E-state index contributed by atoms with van der Waals surface area (Å²) in [5.41, 5.74) is 0. The molecule has 0 fully saturated rings. The Labute approximate surface area is 113 Å². The maximum Gasteiger partial charge on any atom is 0.321 e. The molecule has 2 rings (SSSR count). The summed E-state index contributed by atoms with van der Waals surface area (Å²) < 4.78 is 7.83. The predicted octanol–water partition coefficient (Wildman–Crippen LogP) is 4.07. The summed E-state index contributed by atoms with van der Waals surface area (Å²) in [7, 11) is 0. The van der Waals surface area contributed by atoms with Gasteiger partial charge in [0.05, 0.1) is 11.1 Å². The van der Waals surface area contributed by atoms with Gasteiger partial charge in [0.25, 0.3) is 0 Å². The van der Waals surface area contributed by atoms with Crippen LogP contribution in [0.3, 0.4) is 0 Å². The van der Waals surface area contributed by atoms with Crippen molar-refractivity contribution < 1.29 is 4.74 Å². The number of hydrogen-bond donors (Lipinski definition) is 0. The zero-order valence-corrected chi connectivity index (χ0v) is 11.7. The minimum atomic E-state index is 0.159. The van der Waals surface area contributed by atoms with E-state index in [-0.39, 0.29) is 6.04 Å². The maximum absolute atomic E-state index is 6.02. The number of ether oxygens (including phenoxy) is 1. The van der Waals surface area contributed by atoms with E-state index < -0.39 is 0 Å². The lowest BCUT2D eigenvalue weighted by Gasteiger charge is -2.10. The minimum Gasteiger partial charge on any atom is -0.423 e. The molecule has 0 amide bonds. The molecule has 4 nitrogen and oxygen atoms in total. The van der Waals surface area contributed by atoms with Gasteiger partial charge in [-0.15, -0.1) is 5.10 Å². The van der Waals surface area contributed by atoms with E-state index in [1.54, 1.807) is 16.8 Å². The molecule has 0 N–H and O–H groups in total. The average Bonchev–Trinajstić information content (AvgIpc) is 2.63. The van der Waals surface area contributed by atoms with E-state index >= 15 is 0 Å². The summed E-state index contributed by atoms with van der Waals surface area (Å²) in [4.78, 5) is 4.16. The average molecular weight is 317 g/mol. The Morgan fingerprint density at radius 2 is 2.06 bits per heavy atom. The number of benzene rings is 1. The molecule has 0 aliphatic rings. The van der Waals surface area contributed by atoms with Crippen LogP contribution in [0.2, 0.25) is 5.02 Å². The van der Waals surface area contributed by atoms with E-state index in [2.05, 4.69) is 26.0 Å². The molecule has 2 aromatic rings. The molecular weight excluding hydrogens is 305 g/mol. The largest absolute Gasteiger partial charge is 0.423 e. The van der Waals surface area contributed by atoms with Gasteiger partial charge >= 0.3 is 6.01 Å². The first-order chi connectivity index (χ1) is 8.08. The molecule has 0 aliphatic carbocycles. The van der Waals surface area contributed by atoms with Crippen molar-refractivity contribution in [2.45, 2.75) is 19.9 Å². The molecule has 0 saturated carbocycles. The molecule has 1 aromatic heterocycles. The molecule has 0 atom stereocenters. The van der Waals surface area contributed by atoms with Crippen molar-refractivity contribution in [3.8, 4) is 11.8 Å². The molecule has 0 radical (unpaired) electrons. The quantitative estimate of drug-likeness (QED) is 0.857. The van der Waals surface area contributed by atoms with Crippen LogP contribution < -0.4 is 4.74 Å². The highest BCUT2D eigenvalue weighted by Gasteiger charge is 2.14. The summed E-state index contributed by atoms with van der Waals surface area (Å²) in [5, 5.41) is 4.73. The second-order valence-electron chi connectivity index (χ2n) is 3.73. The van der Waals surface area contributed by atoms with Crippen LogP contribution >= 0.6 is 27.5 Å². The van der Waals surface area contributed by atoms with Gasteiger partial charge in [0.15, 0.2) is 0 Å². The molecule has 17 heavy (non-hydrogen) atoms. The van der Waals surface area contributed by atoms with Crippen molar-refractivity contribution in [3.63, 3.8) is 0 Å². The van der Waals surface area contributed by atoms with Gasteiger partial charge in [-0.05, 0) is 41.9 Å². The van der Waals surface area contributed by atoms with Crippen LogP contribution in [-0.2, 0) is 0 Å². The molecule has 0 saturated heterocycles. The normalized spacial score (nSPS) is 10.9. The zero-order chi connectivity index (χ0) is 12.4. The Hall–Kier alpha value is -1.07. The first-order valence-electron chi connectivity index (χ1n) is 5.12.